The molecule has 1 atom stereocenters. The summed E-state index contributed by atoms with van der Waals surface area (Å²) in [7, 11) is 5.64. The van der Waals surface area contributed by atoms with Gasteiger partial charge in [0.2, 0.25) is 0 Å². The van der Waals surface area contributed by atoms with Crippen molar-refractivity contribution in [2.45, 2.75) is 19.4 Å². The third-order valence-electron chi connectivity index (χ3n) is 3.21. The molecular weight excluding hydrogens is 288 g/mol. The Morgan fingerprint density at radius 1 is 1.57 bits per heavy atom. The second-order valence-corrected chi connectivity index (χ2v) is 6.99. The van der Waals surface area contributed by atoms with E-state index in [1.165, 1.54) is 11.3 Å². The molecule has 0 spiro atoms. The van der Waals surface area contributed by atoms with Gasteiger partial charge in [0, 0.05) is 25.5 Å². The molecule has 0 saturated carbocycles. The van der Waals surface area contributed by atoms with E-state index in [1.54, 1.807) is 11.6 Å². The van der Waals surface area contributed by atoms with Gasteiger partial charge in [-0.1, -0.05) is 0 Å². The minimum absolute atomic E-state index is 0.158. The number of hydrogen-bond acceptors (Lipinski definition) is 5. The highest BCUT2D eigenvalue weighted by molar-refractivity contribution is 7.20. The zero-order valence-corrected chi connectivity index (χ0v) is 13.9. The fraction of sp³-hybridized carbons (Fsp3) is 0.571. The monoisotopic (exact) mass is 310 g/mol. The van der Waals surface area contributed by atoms with Gasteiger partial charge in [0.25, 0.3) is 5.91 Å². The second kappa shape index (κ2) is 5.75. The maximum atomic E-state index is 12.2. The molecule has 2 N–H and O–H groups in total. The molecule has 0 aliphatic rings. The minimum Gasteiger partial charge on any atom is -0.387 e. The van der Waals surface area contributed by atoms with Crippen LogP contribution in [0.25, 0.3) is 10.2 Å². The standard InChI is InChI=1S/C14H22N4O2S/c1-9-10-6-11(21-13(10)18(5)16-9)12(19)15-7-14(2,20)8-17(3)4/h6,20H,7-8H2,1-5H3,(H,15,19). The van der Waals surface area contributed by atoms with Crippen molar-refractivity contribution in [2.24, 2.45) is 7.05 Å². The minimum atomic E-state index is -0.951. The molecule has 0 saturated heterocycles. The lowest BCUT2D eigenvalue weighted by Gasteiger charge is -2.26. The van der Waals surface area contributed by atoms with Crippen molar-refractivity contribution in [3.8, 4) is 0 Å². The summed E-state index contributed by atoms with van der Waals surface area (Å²) in [4.78, 5) is 15.7. The van der Waals surface area contributed by atoms with Crippen LogP contribution in [0.15, 0.2) is 6.07 Å². The number of amides is 1. The van der Waals surface area contributed by atoms with Gasteiger partial charge in [0.15, 0.2) is 0 Å². The summed E-state index contributed by atoms with van der Waals surface area (Å²) in [6.07, 6.45) is 0. The fourth-order valence-electron chi connectivity index (χ4n) is 2.41. The first-order valence-corrected chi connectivity index (χ1v) is 7.60. The lowest BCUT2D eigenvalue weighted by Crippen LogP contribution is -2.47. The Balaban J connectivity index is 2.07. The van der Waals surface area contributed by atoms with E-state index in [0.717, 1.165) is 15.9 Å². The summed E-state index contributed by atoms with van der Waals surface area (Å²) in [5, 5.41) is 18.3. The smallest absolute Gasteiger partial charge is 0.261 e. The molecule has 0 aliphatic heterocycles. The van der Waals surface area contributed by atoms with Gasteiger partial charge in [-0.25, -0.2) is 0 Å². The van der Waals surface area contributed by atoms with Gasteiger partial charge in [0.05, 0.1) is 16.2 Å². The lowest BCUT2D eigenvalue weighted by molar-refractivity contribution is 0.0326. The highest BCUT2D eigenvalue weighted by atomic mass is 32.1. The Morgan fingerprint density at radius 3 is 2.81 bits per heavy atom. The number of aliphatic hydroxyl groups is 1. The number of hydrogen-bond donors (Lipinski definition) is 2. The van der Waals surface area contributed by atoms with E-state index in [9.17, 15) is 9.90 Å². The van der Waals surface area contributed by atoms with Crippen LogP contribution in [0, 0.1) is 6.92 Å². The normalized spacial score (nSPS) is 14.6. The second-order valence-electron chi connectivity index (χ2n) is 5.96. The number of carbonyl (C=O) groups excluding carboxylic acids is 1. The number of aromatic nitrogens is 2. The van der Waals surface area contributed by atoms with Gasteiger partial charge in [-0.3, -0.25) is 9.48 Å². The summed E-state index contributed by atoms with van der Waals surface area (Å²) >= 11 is 1.41. The molecule has 1 unspecified atom stereocenters. The van der Waals surface area contributed by atoms with Crippen molar-refractivity contribution >= 4 is 27.5 Å². The molecular formula is C14H22N4O2S. The van der Waals surface area contributed by atoms with E-state index in [1.807, 2.05) is 39.0 Å². The van der Waals surface area contributed by atoms with Crippen LogP contribution in [0.3, 0.4) is 0 Å². The van der Waals surface area contributed by atoms with Crippen molar-refractivity contribution in [1.82, 2.24) is 20.0 Å². The molecule has 0 fully saturated rings. The Bertz CT molecular complexity index is 623. The van der Waals surface area contributed by atoms with Gasteiger partial charge in [-0.2, -0.15) is 5.10 Å². The zero-order valence-electron chi connectivity index (χ0n) is 13.1. The van der Waals surface area contributed by atoms with Crippen LogP contribution in [0.4, 0.5) is 0 Å². The Kier molecular flexibility index (Phi) is 4.36. The molecule has 0 radical (unpaired) electrons. The molecule has 2 aromatic rings. The van der Waals surface area contributed by atoms with E-state index < -0.39 is 5.60 Å². The highest BCUT2D eigenvalue weighted by Gasteiger charge is 2.23. The lowest BCUT2D eigenvalue weighted by atomic mass is 10.1. The molecule has 116 valence electrons. The summed E-state index contributed by atoms with van der Waals surface area (Å²) in [6.45, 7) is 4.35. The molecule has 2 rings (SSSR count). The van der Waals surface area contributed by atoms with E-state index >= 15 is 0 Å². The molecule has 1 amide bonds. The first-order chi connectivity index (χ1) is 9.69. The molecule has 7 heteroatoms. The Labute approximate surface area is 128 Å². The Hall–Kier alpha value is -1.44. The molecule has 21 heavy (non-hydrogen) atoms. The van der Waals surface area contributed by atoms with E-state index in [-0.39, 0.29) is 12.5 Å². The number of aryl methyl sites for hydroxylation is 2. The molecule has 0 bridgehead atoms. The first kappa shape index (κ1) is 15.9. The van der Waals surface area contributed by atoms with Gasteiger partial charge < -0.3 is 15.3 Å². The van der Waals surface area contributed by atoms with Gasteiger partial charge >= 0.3 is 0 Å². The quantitative estimate of drug-likeness (QED) is 0.864. The van der Waals surface area contributed by atoms with E-state index in [2.05, 4.69) is 10.4 Å². The van der Waals surface area contributed by atoms with Crippen molar-refractivity contribution in [3.05, 3.63) is 16.6 Å². The predicted octanol–water partition coefficient (Wildman–Crippen LogP) is 0.986. The van der Waals surface area contributed by atoms with Crippen molar-refractivity contribution in [2.75, 3.05) is 27.2 Å². The van der Waals surface area contributed by atoms with Crippen LogP contribution in [0.1, 0.15) is 22.3 Å². The molecule has 6 nitrogen and oxygen atoms in total. The molecule has 2 aromatic heterocycles. The van der Waals surface area contributed by atoms with E-state index in [4.69, 9.17) is 0 Å². The van der Waals surface area contributed by atoms with Crippen molar-refractivity contribution in [3.63, 3.8) is 0 Å². The number of nitrogens with zero attached hydrogens (tertiary/aromatic N) is 3. The van der Waals surface area contributed by atoms with Crippen LogP contribution in [-0.4, -0.2) is 58.5 Å². The van der Waals surface area contributed by atoms with Crippen LogP contribution < -0.4 is 5.32 Å². The van der Waals surface area contributed by atoms with Gasteiger partial charge in [-0.15, -0.1) is 11.3 Å². The largest absolute Gasteiger partial charge is 0.387 e. The number of rotatable bonds is 5. The maximum Gasteiger partial charge on any atom is 0.261 e. The number of carbonyl (C=O) groups is 1. The molecule has 0 aliphatic carbocycles. The van der Waals surface area contributed by atoms with Crippen molar-refractivity contribution < 1.29 is 9.90 Å². The summed E-state index contributed by atoms with van der Waals surface area (Å²) in [5.74, 6) is -0.158. The van der Waals surface area contributed by atoms with Crippen LogP contribution >= 0.6 is 11.3 Å². The van der Waals surface area contributed by atoms with E-state index in [0.29, 0.717) is 11.4 Å². The maximum absolute atomic E-state index is 12.2. The zero-order chi connectivity index (χ0) is 15.8. The third-order valence-corrected chi connectivity index (χ3v) is 4.41. The average Bonchev–Trinajstić information content (AvgIpc) is 2.88. The number of thiophene rings is 1. The van der Waals surface area contributed by atoms with Crippen LogP contribution in [-0.2, 0) is 7.05 Å². The first-order valence-electron chi connectivity index (χ1n) is 6.78. The fourth-order valence-corrected chi connectivity index (χ4v) is 3.45. The van der Waals surface area contributed by atoms with Crippen LogP contribution in [0.5, 0.6) is 0 Å². The summed E-state index contributed by atoms with van der Waals surface area (Å²) in [6, 6.07) is 1.86. The van der Waals surface area contributed by atoms with Crippen LogP contribution in [0.2, 0.25) is 0 Å². The predicted molar refractivity (Wildman–Crippen MR) is 84.8 cm³/mol. The summed E-state index contributed by atoms with van der Waals surface area (Å²) < 4.78 is 1.79. The Morgan fingerprint density at radius 2 is 2.24 bits per heavy atom. The average molecular weight is 310 g/mol. The number of fused-ring (bicyclic) bond motifs is 1. The van der Waals surface area contributed by atoms with Gasteiger partial charge in [0.1, 0.15) is 4.83 Å². The SMILES string of the molecule is Cc1nn(C)c2sc(C(=O)NCC(C)(O)CN(C)C)cc12. The topological polar surface area (TPSA) is 70.4 Å². The summed E-state index contributed by atoms with van der Waals surface area (Å²) in [5.41, 5.74) is -0.0322. The number of nitrogens with one attached hydrogen (secondary N) is 1. The molecule has 2 heterocycles. The third kappa shape index (κ3) is 3.61. The molecule has 0 aromatic carbocycles. The highest BCUT2D eigenvalue weighted by Crippen LogP contribution is 2.27. The van der Waals surface area contributed by atoms with Gasteiger partial charge in [-0.05, 0) is 34.0 Å². The number of likely N-dealkylation sites (N-methyl/N-ethyl adjacent to an activating group) is 1. The van der Waals surface area contributed by atoms with Crippen molar-refractivity contribution in [1.29, 1.82) is 0 Å².